The zero-order chi connectivity index (χ0) is 23.7. The van der Waals surface area contributed by atoms with Crippen LogP contribution in [0.3, 0.4) is 0 Å². The molecular formula is C25H20N4O4. The van der Waals surface area contributed by atoms with Crippen molar-refractivity contribution in [2.45, 2.75) is 33.2 Å². The van der Waals surface area contributed by atoms with Crippen molar-refractivity contribution in [2.24, 2.45) is 10.2 Å². The van der Waals surface area contributed by atoms with Gasteiger partial charge in [-0.15, -0.1) is 10.2 Å². The molecule has 0 unspecified atom stereocenters. The summed E-state index contributed by atoms with van der Waals surface area (Å²) in [5.41, 5.74) is 0.536. The lowest BCUT2D eigenvalue weighted by molar-refractivity contribution is 0.0979. The Balaban J connectivity index is 1.86. The molecule has 0 aliphatic heterocycles. The maximum absolute atomic E-state index is 13.1. The maximum atomic E-state index is 13.1. The number of hydrogen-bond donors (Lipinski definition) is 1. The number of nitrogens with zero attached hydrogens (tertiary/aromatic N) is 4. The summed E-state index contributed by atoms with van der Waals surface area (Å²) >= 11 is 0. The first-order valence-electron chi connectivity index (χ1n) is 10.5. The Morgan fingerprint density at radius 2 is 1.64 bits per heavy atom. The van der Waals surface area contributed by atoms with Crippen LogP contribution in [-0.2, 0) is 6.54 Å². The van der Waals surface area contributed by atoms with Gasteiger partial charge in [0.25, 0.3) is 5.56 Å². The number of benzene rings is 2. The average Bonchev–Trinajstić information content (AvgIpc) is 2.82. The number of carbonyl (C=O) groups excluding carboxylic acids is 2. The third-order valence-electron chi connectivity index (χ3n) is 5.69. The molecule has 2 aromatic carbocycles. The van der Waals surface area contributed by atoms with E-state index in [-0.39, 0.29) is 57.3 Å². The Morgan fingerprint density at radius 3 is 2.30 bits per heavy atom. The second kappa shape index (κ2) is 8.63. The fraction of sp³-hybridized carbons (Fsp3) is 0.200. The number of azo groups is 1. The number of ketones is 2. The van der Waals surface area contributed by atoms with Crippen molar-refractivity contribution in [1.29, 1.82) is 5.26 Å². The number of aromatic hydroxyl groups is 1. The number of pyridine rings is 1. The first-order valence-corrected chi connectivity index (χ1v) is 10.5. The molecule has 8 heteroatoms. The summed E-state index contributed by atoms with van der Waals surface area (Å²) in [6.07, 6.45) is 1.41. The predicted octanol–water partition coefficient (Wildman–Crippen LogP) is 4.72. The van der Waals surface area contributed by atoms with Crippen molar-refractivity contribution in [1.82, 2.24) is 4.57 Å². The quantitative estimate of drug-likeness (QED) is 0.449. The van der Waals surface area contributed by atoms with Gasteiger partial charge in [0.1, 0.15) is 11.6 Å². The molecule has 1 heterocycles. The molecule has 33 heavy (non-hydrogen) atoms. The van der Waals surface area contributed by atoms with E-state index >= 15 is 0 Å². The minimum Gasteiger partial charge on any atom is -0.493 e. The Hall–Kier alpha value is -4.38. The topological polar surface area (TPSA) is 125 Å². The van der Waals surface area contributed by atoms with Crippen LogP contribution in [0.2, 0.25) is 0 Å². The molecule has 0 radical (unpaired) electrons. The molecule has 1 aliphatic carbocycles. The van der Waals surface area contributed by atoms with Crippen molar-refractivity contribution >= 4 is 22.9 Å². The van der Waals surface area contributed by atoms with Crippen molar-refractivity contribution in [3.05, 3.63) is 86.2 Å². The van der Waals surface area contributed by atoms with E-state index in [9.17, 15) is 24.8 Å². The summed E-state index contributed by atoms with van der Waals surface area (Å²) in [5.74, 6) is -1.04. The van der Waals surface area contributed by atoms with Gasteiger partial charge in [0.05, 0.1) is 11.3 Å². The normalized spacial score (nSPS) is 12.5. The number of aromatic nitrogens is 1. The van der Waals surface area contributed by atoms with Crippen LogP contribution < -0.4 is 5.56 Å². The minimum atomic E-state index is -0.584. The lowest BCUT2D eigenvalue weighted by atomic mass is 9.83. The first kappa shape index (κ1) is 21.8. The Labute approximate surface area is 189 Å². The second-order valence-corrected chi connectivity index (χ2v) is 7.70. The highest BCUT2D eigenvalue weighted by Gasteiger charge is 2.31. The molecule has 0 saturated carbocycles. The summed E-state index contributed by atoms with van der Waals surface area (Å²) in [6.45, 7) is 3.67. The van der Waals surface area contributed by atoms with E-state index in [0.717, 1.165) is 11.0 Å². The molecule has 164 valence electrons. The summed E-state index contributed by atoms with van der Waals surface area (Å²) in [7, 11) is 0. The molecule has 0 saturated heterocycles. The second-order valence-electron chi connectivity index (χ2n) is 7.70. The summed E-state index contributed by atoms with van der Waals surface area (Å²) in [6, 6.07) is 13.2. The fourth-order valence-electron chi connectivity index (χ4n) is 3.89. The van der Waals surface area contributed by atoms with Gasteiger partial charge in [0, 0.05) is 28.8 Å². The largest absolute Gasteiger partial charge is 0.493 e. The van der Waals surface area contributed by atoms with Gasteiger partial charge in [-0.1, -0.05) is 49.7 Å². The van der Waals surface area contributed by atoms with Gasteiger partial charge < -0.3 is 5.11 Å². The van der Waals surface area contributed by atoms with Crippen LogP contribution in [0.15, 0.2) is 57.5 Å². The van der Waals surface area contributed by atoms with Crippen LogP contribution in [0.1, 0.15) is 62.7 Å². The standard InChI is InChI=1S/C25H20N4O4/c1-3-4-12-29-24(32)18(13-26)14(2)21(25(29)33)28-27-19-11-7-10-17-20(19)23(31)16-9-6-5-8-15(16)22(17)30/h5-11,32H,3-4,12H2,1-2H3. The molecule has 1 aromatic heterocycles. The van der Waals surface area contributed by atoms with E-state index in [1.54, 1.807) is 36.4 Å². The Bertz CT molecular complexity index is 1440. The van der Waals surface area contributed by atoms with E-state index in [2.05, 4.69) is 10.2 Å². The van der Waals surface area contributed by atoms with E-state index in [4.69, 9.17) is 0 Å². The molecule has 8 nitrogen and oxygen atoms in total. The smallest absolute Gasteiger partial charge is 0.281 e. The fourth-order valence-corrected chi connectivity index (χ4v) is 3.89. The van der Waals surface area contributed by atoms with Gasteiger partial charge in [-0.25, -0.2) is 0 Å². The minimum absolute atomic E-state index is 0.0603. The number of rotatable bonds is 5. The van der Waals surface area contributed by atoms with Crippen LogP contribution in [0, 0.1) is 18.3 Å². The number of fused-ring (bicyclic) bond motifs is 2. The van der Waals surface area contributed by atoms with Crippen LogP contribution in [-0.4, -0.2) is 21.2 Å². The highest BCUT2D eigenvalue weighted by molar-refractivity contribution is 6.29. The molecule has 0 spiro atoms. The third kappa shape index (κ3) is 3.53. The number of unbranched alkanes of at least 4 members (excludes halogenated alkanes) is 1. The van der Waals surface area contributed by atoms with Crippen LogP contribution in [0.25, 0.3) is 0 Å². The van der Waals surface area contributed by atoms with Crippen LogP contribution in [0.5, 0.6) is 5.88 Å². The predicted molar refractivity (Wildman–Crippen MR) is 121 cm³/mol. The zero-order valence-electron chi connectivity index (χ0n) is 18.1. The van der Waals surface area contributed by atoms with E-state index < -0.39 is 11.4 Å². The monoisotopic (exact) mass is 440 g/mol. The van der Waals surface area contributed by atoms with E-state index in [1.165, 1.54) is 13.0 Å². The molecule has 1 aliphatic rings. The Morgan fingerprint density at radius 1 is 0.970 bits per heavy atom. The molecule has 4 rings (SSSR count). The SMILES string of the molecule is CCCCn1c(O)c(C#N)c(C)c(N=Nc2cccc3c2C(=O)c2ccccc2C3=O)c1=O. The van der Waals surface area contributed by atoms with Crippen LogP contribution in [0.4, 0.5) is 11.4 Å². The number of hydrogen-bond acceptors (Lipinski definition) is 7. The summed E-state index contributed by atoms with van der Waals surface area (Å²) in [5, 5.41) is 28.1. The van der Waals surface area contributed by atoms with Crippen LogP contribution >= 0.6 is 0 Å². The first-order chi connectivity index (χ1) is 15.9. The molecule has 3 aromatic rings. The molecule has 0 bridgehead atoms. The molecule has 0 fully saturated rings. The van der Waals surface area contributed by atoms with Crippen molar-refractivity contribution in [2.75, 3.05) is 0 Å². The summed E-state index contributed by atoms with van der Waals surface area (Å²) < 4.78 is 1.11. The highest BCUT2D eigenvalue weighted by Crippen LogP contribution is 2.34. The van der Waals surface area contributed by atoms with E-state index in [1.807, 2.05) is 13.0 Å². The van der Waals surface area contributed by atoms with Gasteiger partial charge in [-0.3, -0.25) is 19.0 Å². The van der Waals surface area contributed by atoms with Crippen molar-refractivity contribution in [3.63, 3.8) is 0 Å². The third-order valence-corrected chi connectivity index (χ3v) is 5.69. The summed E-state index contributed by atoms with van der Waals surface area (Å²) in [4.78, 5) is 39.0. The van der Waals surface area contributed by atoms with Gasteiger partial charge in [0.15, 0.2) is 17.3 Å². The van der Waals surface area contributed by atoms with Crippen molar-refractivity contribution in [3.8, 4) is 11.9 Å². The lowest BCUT2D eigenvalue weighted by Gasteiger charge is -2.18. The number of nitriles is 1. The van der Waals surface area contributed by atoms with Gasteiger partial charge in [-0.05, 0) is 19.4 Å². The molecule has 1 N–H and O–H groups in total. The van der Waals surface area contributed by atoms with Gasteiger partial charge in [0.2, 0.25) is 5.88 Å². The van der Waals surface area contributed by atoms with Gasteiger partial charge >= 0.3 is 0 Å². The zero-order valence-corrected chi connectivity index (χ0v) is 18.1. The average molecular weight is 440 g/mol. The molecule has 0 atom stereocenters. The number of carbonyl (C=O) groups is 2. The lowest BCUT2D eigenvalue weighted by Crippen LogP contribution is -2.22. The highest BCUT2D eigenvalue weighted by atomic mass is 16.3. The van der Waals surface area contributed by atoms with Crippen molar-refractivity contribution < 1.29 is 14.7 Å². The molecular weight excluding hydrogens is 420 g/mol. The Kier molecular flexibility index (Phi) is 5.71. The van der Waals surface area contributed by atoms with Gasteiger partial charge in [-0.2, -0.15) is 5.26 Å². The maximum Gasteiger partial charge on any atom is 0.281 e. The molecule has 0 amide bonds. The van der Waals surface area contributed by atoms with E-state index in [0.29, 0.717) is 12.0 Å².